The van der Waals surface area contributed by atoms with Gasteiger partial charge in [0.15, 0.2) is 6.61 Å². The summed E-state index contributed by atoms with van der Waals surface area (Å²) in [5.41, 5.74) is 5.66. The van der Waals surface area contributed by atoms with Crippen LogP contribution in [-0.4, -0.2) is 36.5 Å². The standard InChI is InChI=1S/C14H17Cl3N2O2/c1-8-2-9(5-18)6-19(8)14(20)7-21-13-4-11(16)10(15)3-12(13)17/h3-4,8-9H,2,5-7,18H2,1H3. The Morgan fingerprint density at radius 1 is 1.33 bits per heavy atom. The second kappa shape index (κ2) is 7.05. The van der Waals surface area contributed by atoms with Gasteiger partial charge in [-0.15, -0.1) is 0 Å². The molecule has 21 heavy (non-hydrogen) atoms. The van der Waals surface area contributed by atoms with Gasteiger partial charge < -0.3 is 15.4 Å². The van der Waals surface area contributed by atoms with E-state index in [0.29, 0.717) is 39.8 Å². The molecule has 2 N–H and O–H groups in total. The van der Waals surface area contributed by atoms with Crippen molar-refractivity contribution in [2.75, 3.05) is 19.7 Å². The highest BCUT2D eigenvalue weighted by atomic mass is 35.5. The van der Waals surface area contributed by atoms with Crippen LogP contribution in [-0.2, 0) is 4.79 Å². The average Bonchev–Trinajstić information content (AvgIpc) is 2.82. The Kier molecular flexibility index (Phi) is 5.60. The molecule has 1 aromatic carbocycles. The minimum absolute atomic E-state index is 0.0828. The van der Waals surface area contributed by atoms with Crippen molar-refractivity contribution in [3.63, 3.8) is 0 Å². The molecule has 0 aliphatic carbocycles. The first-order chi connectivity index (χ1) is 9.92. The first kappa shape index (κ1) is 16.7. The molecule has 1 aliphatic rings. The second-order valence-electron chi connectivity index (χ2n) is 5.22. The van der Waals surface area contributed by atoms with E-state index in [-0.39, 0.29) is 18.6 Å². The van der Waals surface area contributed by atoms with E-state index in [4.69, 9.17) is 45.3 Å². The molecule has 2 unspecified atom stereocenters. The number of likely N-dealkylation sites (tertiary alicyclic amines) is 1. The molecule has 1 amide bonds. The van der Waals surface area contributed by atoms with Crippen LogP contribution in [0.3, 0.4) is 0 Å². The second-order valence-corrected chi connectivity index (χ2v) is 6.44. The molecule has 7 heteroatoms. The zero-order valence-electron chi connectivity index (χ0n) is 11.6. The molecular formula is C14H17Cl3N2O2. The number of hydrogen-bond acceptors (Lipinski definition) is 3. The van der Waals surface area contributed by atoms with Gasteiger partial charge in [0, 0.05) is 18.7 Å². The van der Waals surface area contributed by atoms with Crippen molar-refractivity contribution >= 4 is 40.7 Å². The van der Waals surface area contributed by atoms with Crippen LogP contribution in [0.2, 0.25) is 15.1 Å². The number of carbonyl (C=O) groups excluding carboxylic acids is 1. The van der Waals surface area contributed by atoms with Crippen molar-refractivity contribution in [3.05, 3.63) is 27.2 Å². The maximum absolute atomic E-state index is 12.2. The van der Waals surface area contributed by atoms with E-state index in [1.54, 1.807) is 4.90 Å². The minimum Gasteiger partial charge on any atom is -0.482 e. The van der Waals surface area contributed by atoms with Crippen LogP contribution in [0.25, 0.3) is 0 Å². The molecule has 4 nitrogen and oxygen atoms in total. The quantitative estimate of drug-likeness (QED) is 0.847. The molecular weight excluding hydrogens is 335 g/mol. The SMILES string of the molecule is CC1CC(CN)CN1C(=O)COc1cc(Cl)c(Cl)cc1Cl. The number of ether oxygens (including phenoxy) is 1. The number of nitrogens with zero attached hydrogens (tertiary/aromatic N) is 1. The lowest BCUT2D eigenvalue weighted by molar-refractivity contribution is -0.134. The topological polar surface area (TPSA) is 55.6 Å². The highest BCUT2D eigenvalue weighted by Crippen LogP contribution is 2.34. The van der Waals surface area contributed by atoms with E-state index in [1.807, 2.05) is 6.92 Å². The van der Waals surface area contributed by atoms with E-state index >= 15 is 0 Å². The molecule has 0 radical (unpaired) electrons. The average molecular weight is 352 g/mol. The Labute approximate surface area is 139 Å². The van der Waals surface area contributed by atoms with Crippen LogP contribution in [0.4, 0.5) is 0 Å². The molecule has 2 rings (SSSR count). The largest absolute Gasteiger partial charge is 0.482 e. The van der Waals surface area contributed by atoms with Crippen molar-refractivity contribution in [1.29, 1.82) is 0 Å². The first-order valence-corrected chi connectivity index (χ1v) is 7.82. The van der Waals surface area contributed by atoms with Crippen LogP contribution >= 0.6 is 34.8 Å². The van der Waals surface area contributed by atoms with Crippen molar-refractivity contribution in [2.24, 2.45) is 11.7 Å². The molecule has 1 fully saturated rings. The third-order valence-electron chi connectivity index (χ3n) is 3.64. The highest BCUT2D eigenvalue weighted by molar-refractivity contribution is 6.43. The number of amides is 1. The summed E-state index contributed by atoms with van der Waals surface area (Å²) in [6, 6.07) is 3.18. The summed E-state index contributed by atoms with van der Waals surface area (Å²) >= 11 is 17.8. The number of nitrogens with two attached hydrogens (primary N) is 1. The number of hydrogen-bond donors (Lipinski definition) is 1. The zero-order valence-corrected chi connectivity index (χ0v) is 13.9. The predicted octanol–water partition coefficient (Wildman–Crippen LogP) is 3.22. The van der Waals surface area contributed by atoms with E-state index < -0.39 is 0 Å². The number of benzene rings is 1. The van der Waals surface area contributed by atoms with E-state index in [1.165, 1.54) is 12.1 Å². The smallest absolute Gasteiger partial charge is 0.260 e. The van der Waals surface area contributed by atoms with E-state index in [2.05, 4.69) is 0 Å². The summed E-state index contributed by atoms with van der Waals surface area (Å²) in [6.07, 6.45) is 0.926. The molecule has 1 aliphatic heterocycles. The highest BCUT2D eigenvalue weighted by Gasteiger charge is 2.31. The monoisotopic (exact) mass is 350 g/mol. The van der Waals surface area contributed by atoms with Crippen LogP contribution in [0.15, 0.2) is 12.1 Å². The molecule has 0 aromatic heterocycles. The summed E-state index contributed by atoms with van der Waals surface area (Å²) in [4.78, 5) is 14.0. The molecule has 1 heterocycles. The summed E-state index contributed by atoms with van der Waals surface area (Å²) in [7, 11) is 0. The number of halogens is 3. The van der Waals surface area contributed by atoms with Gasteiger partial charge in [-0.3, -0.25) is 4.79 Å². The summed E-state index contributed by atoms with van der Waals surface area (Å²) in [5.74, 6) is 0.625. The van der Waals surface area contributed by atoms with E-state index in [9.17, 15) is 4.79 Å². The Morgan fingerprint density at radius 3 is 2.62 bits per heavy atom. The summed E-state index contributed by atoms with van der Waals surface area (Å²) in [6.45, 7) is 3.20. The van der Waals surface area contributed by atoms with Gasteiger partial charge in [-0.1, -0.05) is 34.8 Å². The molecule has 0 saturated carbocycles. The maximum atomic E-state index is 12.2. The lowest BCUT2D eigenvalue weighted by Gasteiger charge is -2.21. The maximum Gasteiger partial charge on any atom is 0.260 e. The van der Waals surface area contributed by atoms with Gasteiger partial charge in [0.05, 0.1) is 15.1 Å². The fraction of sp³-hybridized carbons (Fsp3) is 0.500. The van der Waals surface area contributed by atoms with Crippen molar-refractivity contribution in [1.82, 2.24) is 4.90 Å². The third kappa shape index (κ3) is 3.95. The van der Waals surface area contributed by atoms with Crippen LogP contribution in [0, 0.1) is 5.92 Å². The van der Waals surface area contributed by atoms with Crippen LogP contribution in [0.5, 0.6) is 5.75 Å². The van der Waals surface area contributed by atoms with Gasteiger partial charge in [0.25, 0.3) is 5.91 Å². The van der Waals surface area contributed by atoms with Gasteiger partial charge in [0.1, 0.15) is 5.75 Å². The van der Waals surface area contributed by atoms with Gasteiger partial charge in [-0.2, -0.15) is 0 Å². The van der Waals surface area contributed by atoms with E-state index in [0.717, 1.165) is 6.42 Å². The molecule has 0 bridgehead atoms. The van der Waals surface area contributed by atoms with Crippen molar-refractivity contribution < 1.29 is 9.53 Å². The fourth-order valence-corrected chi connectivity index (χ4v) is 3.09. The zero-order chi connectivity index (χ0) is 15.6. The van der Waals surface area contributed by atoms with Gasteiger partial charge in [0.2, 0.25) is 0 Å². The lowest BCUT2D eigenvalue weighted by Crippen LogP contribution is -2.37. The normalized spacial score (nSPS) is 21.7. The predicted molar refractivity (Wildman–Crippen MR) is 85.3 cm³/mol. The minimum atomic E-state index is -0.0840. The van der Waals surface area contributed by atoms with Crippen molar-refractivity contribution in [2.45, 2.75) is 19.4 Å². The van der Waals surface area contributed by atoms with Crippen LogP contribution in [0.1, 0.15) is 13.3 Å². The number of carbonyl (C=O) groups is 1. The fourth-order valence-electron chi connectivity index (χ4n) is 2.50. The molecule has 116 valence electrons. The first-order valence-electron chi connectivity index (χ1n) is 6.69. The van der Waals surface area contributed by atoms with Crippen molar-refractivity contribution in [3.8, 4) is 5.75 Å². The lowest BCUT2D eigenvalue weighted by atomic mass is 10.1. The Hall–Kier alpha value is -0.680. The van der Waals surface area contributed by atoms with Crippen LogP contribution < -0.4 is 10.5 Å². The molecule has 2 atom stereocenters. The Bertz CT molecular complexity index is 539. The van der Waals surface area contributed by atoms with Gasteiger partial charge >= 0.3 is 0 Å². The Morgan fingerprint density at radius 2 is 2.00 bits per heavy atom. The third-order valence-corrected chi connectivity index (χ3v) is 4.66. The summed E-state index contributed by atoms with van der Waals surface area (Å²) < 4.78 is 5.47. The molecule has 0 spiro atoms. The summed E-state index contributed by atoms with van der Waals surface area (Å²) in [5, 5.41) is 1.01. The molecule has 1 aromatic rings. The van der Waals surface area contributed by atoms with Gasteiger partial charge in [-0.05, 0) is 31.9 Å². The Balaban J connectivity index is 1.97. The number of rotatable bonds is 4. The molecule has 1 saturated heterocycles. The van der Waals surface area contributed by atoms with Gasteiger partial charge in [-0.25, -0.2) is 0 Å².